The van der Waals surface area contributed by atoms with Crippen molar-refractivity contribution in [3.05, 3.63) is 66.7 Å². The van der Waals surface area contributed by atoms with Gasteiger partial charge in [-0.3, -0.25) is 14.7 Å². The Morgan fingerprint density at radius 3 is 1.90 bits per heavy atom. The summed E-state index contributed by atoms with van der Waals surface area (Å²) in [6.45, 7) is 30.8. The molecule has 0 bridgehead atoms. The smallest absolute Gasteiger partial charge is 0.329 e. The van der Waals surface area contributed by atoms with E-state index >= 15 is 0 Å². The van der Waals surface area contributed by atoms with Crippen molar-refractivity contribution in [1.82, 2.24) is 21.0 Å². The van der Waals surface area contributed by atoms with Crippen LogP contribution in [0, 0.1) is 5.92 Å². The molecule has 2 atom stereocenters. The van der Waals surface area contributed by atoms with Crippen molar-refractivity contribution >= 4 is 38.6 Å². The van der Waals surface area contributed by atoms with Gasteiger partial charge >= 0.3 is 11.9 Å². The largest absolute Gasteiger partial charge is 0.497 e. The normalized spacial score (nSPS) is 13.7. The second kappa shape index (κ2) is 37.9. The van der Waals surface area contributed by atoms with E-state index in [1.165, 1.54) is 69.8 Å². The lowest BCUT2D eigenvalue weighted by Crippen LogP contribution is -2.46. The third kappa shape index (κ3) is 38.1. The molecule has 1 saturated carbocycles. The molecule has 0 heterocycles. The SMILES string of the molecule is C=PNCC(=O)NCCCC[C@H](NC(=C)NC(CCC(=O)OC(C)(C)C)C(=O)OC(C)(C)C)C(=C)OCC.CC/C=C/c1ccccc1.CCC1CCCCC1.CCCCCC. The van der Waals surface area contributed by atoms with Crippen LogP contribution < -0.4 is 21.0 Å². The Labute approximate surface area is 381 Å². The minimum absolute atomic E-state index is 0.0338. The Bertz CT molecular complexity index is 1360. The Morgan fingerprint density at radius 2 is 1.40 bits per heavy atom. The van der Waals surface area contributed by atoms with Crippen LogP contribution in [-0.2, 0) is 28.6 Å². The maximum atomic E-state index is 12.9. The minimum atomic E-state index is -0.815. The molecule has 0 saturated heterocycles. The second-order valence-corrected chi connectivity index (χ2v) is 18.2. The number of benzene rings is 1. The van der Waals surface area contributed by atoms with Crippen LogP contribution in [0.5, 0.6) is 0 Å². The summed E-state index contributed by atoms with van der Waals surface area (Å²) in [4.78, 5) is 36.9. The predicted molar refractivity (Wildman–Crippen MR) is 266 cm³/mol. The van der Waals surface area contributed by atoms with E-state index in [1.807, 2.05) is 13.0 Å². The van der Waals surface area contributed by atoms with E-state index in [1.54, 1.807) is 41.5 Å². The van der Waals surface area contributed by atoms with E-state index in [4.69, 9.17) is 14.2 Å². The molecule has 356 valence electrons. The van der Waals surface area contributed by atoms with E-state index in [9.17, 15) is 14.4 Å². The highest BCUT2D eigenvalue weighted by Gasteiger charge is 2.28. The van der Waals surface area contributed by atoms with Crippen LogP contribution in [0.2, 0.25) is 0 Å². The van der Waals surface area contributed by atoms with Crippen LogP contribution in [0.15, 0.2) is 61.1 Å². The molecule has 0 aliphatic heterocycles. The summed E-state index contributed by atoms with van der Waals surface area (Å²) in [5.41, 5.74) is -0.0254. The minimum Gasteiger partial charge on any atom is -0.497 e. The van der Waals surface area contributed by atoms with Gasteiger partial charge in [0.2, 0.25) is 5.91 Å². The van der Waals surface area contributed by atoms with E-state index in [2.05, 4.69) is 105 Å². The van der Waals surface area contributed by atoms with E-state index in [0.29, 0.717) is 39.5 Å². The molecular weight excluding hydrogens is 796 g/mol. The van der Waals surface area contributed by atoms with E-state index < -0.39 is 29.2 Å². The van der Waals surface area contributed by atoms with Gasteiger partial charge in [-0.2, -0.15) is 0 Å². The zero-order chi connectivity index (χ0) is 47.2. The van der Waals surface area contributed by atoms with Gasteiger partial charge in [0.1, 0.15) is 23.0 Å². The average Bonchev–Trinajstić information content (AvgIpc) is 3.22. The number of ether oxygens (including phenoxy) is 3. The van der Waals surface area contributed by atoms with Gasteiger partial charge in [-0.15, -0.1) is 0 Å². The molecule has 1 fully saturated rings. The summed E-state index contributed by atoms with van der Waals surface area (Å²) in [6.07, 6.45) is 25.9. The highest BCUT2D eigenvalue weighted by molar-refractivity contribution is 7.34. The number of carbonyl (C=O) groups is 3. The molecule has 1 aliphatic carbocycles. The fraction of sp³-hybridized carbons (Fsp3) is 0.686. The lowest BCUT2D eigenvalue weighted by atomic mass is 9.88. The summed E-state index contributed by atoms with van der Waals surface area (Å²) in [5.74, 6) is 1.04. The Kier molecular flexibility index (Phi) is 37.0. The van der Waals surface area contributed by atoms with E-state index in [-0.39, 0.29) is 31.3 Å². The molecule has 62 heavy (non-hydrogen) atoms. The molecule has 0 spiro atoms. The van der Waals surface area contributed by atoms with E-state index in [0.717, 1.165) is 25.2 Å². The number of amides is 1. The number of unbranched alkanes of at least 4 members (excludes halogenated alkanes) is 4. The fourth-order valence-electron chi connectivity index (χ4n) is 6.14. The van der Waals surface area contributed by atoms with Crippen LogP contribution in [-0.4, -0.2) is 67.1 Å². The molecule has 2 rings (SSSR count). The van der Waals surface area contributed by atoms with Gasteiger partial charge in [0.05, 0.1) is 25.0 Å². The van der Waals surface area contributed by atoms with Gasteiger partial charge in [-0.1, -0.05) is 154 Å². The third-order valence-electron chi connectivity index (χ3n) is 9.36. The molecule has 1 unspecified atom stereocenters. The van der Waals surface area contributed by atoms with Crippen LogP contribution in [0.3, 0.4) is 0 Å². The number of hydrogen-bond acceptors (Lipinski definition) is 9. The monoisotopic (exact) mass is 887 g/mol. The van der Waals surface area contributed by atoms with Crippen molar-refractivity contribution < 1.29 is 28.6 Å². The zero-order valence-corrected chi connectivity index (χ0v) is 42.1. The first-order chi connectivity index (χ1) is 29.4. The van der Waals surface area contributed by atoms with Crippen molar-refractivity contribution in [3.63, 3.8) is 0 Å². The summed E-state index contributed by atoms with van der Waals surface area (Å²) in [5, 5.41) is 12.0. The van der Waals surface area contributed by atoms with Crippen molar-refractivity contribution in [1.29, 1.82) is 0 Å². The number of esters is 2. The fourth-order valence-corrected chi connectivity index (χ4v) is 6.40. The summed E-state index contributed by atoms with van der Waals surface area (Å²) < 4.78 is 16.6. The lowest BCUT2D eigenvalue weighted by molar-refractivity contribution is -0.158. The maximum Gasteiger partial charge on any atom is 0.329 e. The number of rotatable bonds is 25. The molecule has 10 nitrogen and oxygen atoms in total. The molecule has 1 aliphatic rings. The Morgan fingerprint density at radius 1 is 0.806 bits per heavy atom. The summed E-state index contributed by atoms with van der Waals surface area (Å²) >= 11 is 0. The quantitative estimate of drug-likeness (QED) is 0.0328. The van der Waals surface area contributed by atoms with Crippen molar-refractivity contribution in [2.75, 3.05) is 19.7 Å². The lowest BCUT2D eigenvalue weighted by Gasteiger charge is -2.28. The van der Waals surface area contributed by atoms with Gasteiger partial charge < -0.3 is 30.2 Å². The summed E-state index contributed by atoms with van der Waals surface area (Å²) in [6, 6.07) is 9.25. The number of hydrogen-bond donors (Lipinski definition) is 4. The highest BCUT2D eigenvalue weighted by Crippen LogP contribution is 2.25. The molecule has 1 amide bonds. The molecule has 1 aromatic rings. The third-order valence-corrected chi connectivity index (χ3v) is 9.74. The number of allylic oxidation sites excluding steroid dienone is 1. The molecule has 11 heteroatoms. The van der Waals surface area contributed by atoms with Gasteiger partial charge in [0, 0.05) is 13.0 Å². The highest BCUT2D eigenvalue weighted by atomic mass is 31.1. The molecular formula is C51H91N4O6P. The van der Waals surface area contributed by atoms with Gasteiger partial charge in [0.25, 0.3) is 0 Å². The predicted octanol–water partition coefficient (Wildman–Crippen LogP) is 12.2. The van der Waals surface area contributed by atoms with Crippen LogP contribution in [0.1, 0.15) is 184 Å². The number of carbonyl (C=O) groups excluding carboxylic acids is 3. The molecule has 4 N–H and O–H groups in total. The molecule has 0 aromatic heterocycles. The first-order valence-corrected chi connectivity index (χ1v) is 24.6. The van der Waals surface area contributed by atoms with Crippen LogP contribution >= 0.6 is 8.35 Å². The van der Waals surface area contributed by atoms with Gasteiger partial charge in [0.15, 0.2) is 0 Å². The van der Waals surface area contributed by atoms with Crippen molar-refractivity contribution in [2.24, 2.45) is 5.92 Å². The molecule has 1 aromatic carbocycles. The Balaban J connectivity index is 0. The standard InChI is InChI=1S/C27H49N4O6P.C10H12.C8H16.C6H14/c1-11-35-19(2)21(14-12-13-17-28-23(32)18-29-38-10)30-20(3)31-22(25(34)37-27(7,8)9)15-16-24(33)36-26(4,5)6;1-2-3-7-10-8-5-4-6-9-10;1-2-8-6-4-3-5-7-8;1-3-5-6-4-2/h21-22,29-31H,2-3,10-18H2,1,4-9H3,(H,28,32);3-9H,2H2,1H3;8H,2-7H2,1H3;3-6H2,1-2H3/b;7-3+;;/t21-,22?;;;/m0.../s1. The second-order valence-electron chi connectivity index (χ2n) is 17.6. The topological polar surface area (TPSA) is 127 Å². The Hall–Kier alpha value is -3.62. The first kappa shape index (κ1) is 60.5. The van der Waals surface area contributed by atoms with Gasteiger partial charge in [-0.05, 0) is 100 Å². The van der Waals surface area contributed by atoms with Crippen molar-refractivity contribution in [3.8, 4) is 0 Å². The zero-order valence-electron chi connectivity index (χ0n) is 41.2. The summed E-state index contributed by atoms with van der Waals surface area (Å²) in [7, 11) is 0.712. The van der Waals surface area contributed by atoms with Crippen molar-refractivity contribution in [2.45, 2.75) is 202 Å². The molecule has 0 radical (unpaired) electrons. The van der Waals surface area contributed by atoms with Gasteiger partial charge in [-0.25, -0.2) is 4.79 Å². The van der Waals surface area contributed by atoms with Crippen LogP contribution in [0.25, 0.3) is 6.08 Å². The maximum absolute atomic E-state index is 12.9. The number of nitrogens with one attached hydrogen (secondary N) is 4. The average molecular weight is 887 g/mol. The first-order valence-electron chi connectivity index (χ1n) is 23.5. The van der Waals surface area contributed by atoms with Crippen LogP contribution in [0.4, 0.5) is 0 Å².